The lowest BCUT2D eigenvalue weighted by Crippen LogP contribution is -2.24. The third-order valence-corrected chi connectivity index (χ3v) is 3.04. The van der Waals surface area contributed by atoms with E-state index < -0.39 is 0 Å². The van der Waals surface area contributed by atoms with Gasteiger partial charge in [-0.2, -0.15) is 0 Å². The van der Waals surface area contributed by atoms with Gasteiger partial charge in [0, 0.05) is 13.2 Å². The van der Waals surface area contributed by atoms with Crippen LogP contribution in [0.15, 0.2) is 4.42 Å². The Kier molecular flexibility index (Phi) is 4.33. The standard InChI is InChI=1S/C11H20N4O2/c1-8(12-2)10-14-15-11(17-10)13-6-9-4-3-5-16-7-9/h8-9,12H,3-7H2,1-2H3,(H,13,15). The minimum Gasteiger partial charge on any atom is -0.406 e. The van der Waals surface area contributed by atoms with E-state index in [1.165, 1.54) is 6.42 Å². The smallest absolute Gasteiger partial charge is 0.315 e. The molecule has 0 aromatic carbocycles. The molecule has 2 unspecified atom stereocenters. The van der Waals surface area contributed by atoms with Gasteiger partial charge >= 0.3 is 6.01 Å². The van der Waals surface area contributed by atoms with E-state index in [9.17, 15) is 0 Å². The first-order valence-corrected chi connectivity index (χ1v) is 6.12. The Bertz CT molecular complexity index is 336. The molecule has 2 N–H and O–H groups in total. The number of ether oxygens (including phenoxy) is 1. The zero-order chi connectivity index (χ0) is 12.1. The van der Waals surface area contributed by atoms with Crippen LogP contribution in [0.3, 0.4) is 0 Å². The Labute approximate surface area is 101 Å². The fraction of sp³-hybridized carbons (Fsp3) is 0.818. The van der Waals surface area contributed by atoms with Crippen molar-refractivity contribution in [1.29, 1.82) is 0 Å². The Balaban J connectivity index is 1.80. The van der Waals surface area contributed by atoms with Gasteiger partial charge in [-0.3, -0.25) is 0 Å². The van der Waals surface area contributed by atoms with E-state index in [-0.39, 0.29) is 6.04 Å². The number of hydrogen-bond acceptors (Lipinski definition) is 6. The van der Waals surface area contributed by atoms with E-state index >= 15 is 0 Å². The van der Waals surface area contributed by atoms with E-state index in [0.29, 0.717) is 17.8 Å². The summed E-state index contributed by atoms with van der Waals surface area (Å²) in [6.07, 6.45) is 2.33. The van der Waals surface area contributed by atoms with Gasteiger partial charge in [0.25, 0.3) is 0 Å². The summed E-state index contributed by atoms with van der Waals surface area (Å²) in [4.78, 5) is 0. The van der Waals surface area contributed by atoms with Crippen molar-refractivity contribution in [3.63, 3.8) is 0 Å². The largest absolute Gasteiger partial charge is 0.406 e. The van der Waals surface area contributed by atoms with Crippen LogP contribution < -0.4 is 10.6 Å². The van der Waals surface area contributed by atoms with Crippen LogP contribution in [0.25, 0.3) is 0 Å². The second-order valence-electron chi connectivity index (χ2n) is 4.42. The molecule has 2 rings (SSSR count). The van der Waals surface area contributed by atoms with Gasteiger partial charge in [0.05, 0.1) is 12.6 Å². The lowest BCUT2D eigenvalue weighted by molar-refractivity contribution is 0.0593. The van der Waals surface area contributed by atoms with Crippen LogP contribution in [-0.2, 0) is 4.74 Å². The molecular weight excluding hydrogens is 220 g/mol. The highest BCUT2D eigenvalue weighted by Crippen LogP contribution is 2.16. The molecule has 6 heteroatoms. The number of rotatable bonds is 5. The van der Waals surface area contributed by atoms with Crippen molar-refractivity contribution in [2.24, 2.45) is 5.92 Å². The summed E-state index contributed by atoms with van der Waals surface area (Å²) in [5.41, 5.74) is 0. The Morgan fingerprint density at radius 3 is 3.06 bits per heavy atom. The molecule has 1 aliphatic heterocycles. The third kappa shape index (κ3) is 3.41. The second-order valence-corrected chi connectivity index (χ2v) is 4.42. The summed E-state index contributed by atoms with van der Waals surface area (Å²) in [7, 11) is 1.86. The summed E-state index contributed by atoms with van der Waals surface area (Å²) < 4.78 is 10.9. The quantitative estimate of drug-likeness (QED) is 0.805. The lowest BCUT2D eigenvalue weighted by atomic mass is 10.0. The maximum absolute atomic E-state index is 5.49. The zero-order valence-corrected chi connectivity index (χ0v) is 10.4. The molecule has 0 radical (unpaired) electrons. The molecule has 96 valence electrons. The van der Waals surface area contributed by atoms with Crippen molar-refractivity contribution in [3.8, 4) is 0 Å². The highest BCUT2D eigenvalue weighted by Gasteiger charge is 2.16. The summed E-state index contributed by atoms with van der Waals surface area (Å²) in [6.45, 7) is 4.52. The van der Waals surface area contributed by atoms with E-state index in [1.807, 2.05) is 14.0 Å². The zero-order valence-electron chi connectivity index (χ0n) is 10.4. The van der Waals surface area contributed by atoms with Gasteiger partial charge in [0.15, 0.2) is 0 Å². The summed E-state index contributed by atoms with van der Waals surface area (Å²) in [5, 5.41) is 14.2. The van der Waals surface area contributed by atoms with Gasteiger partial charge in [-0.1, -0.05) is 5.10 Å². The molecule has 0 spiro atoms. The minimum absolute atomic E-state index is 0.0797. The Hall–Kier alpha value is -1.14. The topological polar surface area (TPSA) is 72.2 Å². The van der Waals surface area contributed by atoms with Crippen LogP contribution in [0, 0.1) is 5.92 Å². The van der Waals surface area contributed by atoms with Crippen LogP contribution >= 0.6 is 0 Å². The molecule has 2 atom stereocenters. The molecule has 1 saturated heterocycles. The molecule has 6 nitrogen and oxygen atoms in total. The predicted molar refractivity (Wildman–Crippen MR) is 63.8 cm³/mol. The molecule has 0 bridgehead atoms. The summed E-state index contributed by atoms with van der Waals surface area (Å²) in [5.74, 6) is 1.15. The highest BCUT2D eigenvalue weighted by molar-refractivity contribution is 5.17. The van der Waals surface area contributed by atoms with Crippen LogP contribution in [0.4, 0.5) is 6.01 Å². The maximum atomic E-state index is 5.49. The Morgan fingerprint density at radius 2 is 2.35 bits per heavy atom. The van der Waals surface area contributed by atoms with Gasteiger partial charge in [-0.25, -0.2) is 0 Å². The molecule has 1 aromatic rings. The van der Waals surface area contributed by atoms with Crippen molar-refractivity contribution in [3.05, 3.63) is 5.89 Å². The normalized spacial score (nSPS) is 22.4. The van der Waals surface area contributed by atoms with Crippen molar-refractivity contribution >= 4 is 6.01 Å². The first-order chi connectivity index (χ1) is 8.29. The monoisotopic (exact) mass is 240 g/mol. The van der Waals surface area contributed by atoms with E-state index in [4.69, 9.17) is 9.15 Å². The molecule has 2 heterocycles. The molecule has 0 amide bonds. The van der Waals surface area contributed by atoms with Gasteiger partial charge in [0.1, 0.15) is 0 Å². The Morgan fingerprint density at radius 1 is 1.47 bits per heavy atom. The van der Waals surface area contributed by atoms with Crippen LogP contribution in [0.2, 0.25) is 0 Å². The predicted octanol–water partition coefficient (Wildman–Crippen LogP) is 1.19. The number of nitrogens with zero attached hydrogens (tertiary/aromatic N) is 2. The highest BCUT2D eigenvalue weighted by atomic mass is 16.5. The first kappa shape index (κ1) is 12.3. The van der Waals surface area contributed by atoms with E-state index in [0.717, 1.165) is 26.2 Å². The molecule has 1 fully saturated rings. The van der Waals surface area contributed by atoms with Gasteiger partial charge in [0.2, 0.25) is 5.89 Å². The minimum atomic E-state index is 0.0797. The third-order valence-electron chi connectivity index (χ3n) is 3.04. The van der Waals surface area contributed by atoms with Crippen LogP contribution in [0.5, 0.6) is 0 Å². The number of anilines is 1. The van der Waals surface area contributed by atoms with E-state index in [2.05, 4.69) is 20.8 Å². The molecular formula is C11H20N4O2. The fourth-order valence-corrected chi connectivity index (χ4v) is 1.80. The molecule has 17 heavy (non-hydrogen) atoms. The SMILES string of the molecule is CNC(C)c1nnc(NCC2CCCOC2)o1. The van der Waals surface area contributed by atoms with Gasteiger partial charge in [-0.15, -0.1) is 5.10 Å². The molecule has 1 aromatic heterocycles. The van der Waals surface area contributed by atoms with Crippen molar-refractivity contribution in [2.45, 2.75) is 25.8 Å². The fourth-order valence-electron chi connectivity index (χ4n) is 1.80. The molecule has 0 aliphatic carbocycles. The summed E-state index contributed by atoms with van der Waals surface area (Å²) >= 11 is 0. The molecule has 0 saturated carbocycles. The average Bonchev–Trinajstić information content (AvgIpc) is 2.85. The van der Waals surface area contributed by atoms with Crippen LogP contribution in [0.1, 0.15) is 31.7 Å². The lowest BCUT2D eigenvalue weighted by Gasteiger charge is -2.21. The maximum Gasteiger partial charge on any atom is 0.315 e. The number of aromatic nitrogens is 2. The van der Waals surface area contributed by atoms with Gasteiger partial charge < -0.3 is 19.8 Å². The van der Waals surface area contributed by atoms with Gasteiger partial charge in [-0.05, 0) is 32.7 Å². The number of hydrogen-bond donors (Lipinski definition) is 2. The van der Waals surface area contributed by atoms with Crippen molar-refractivity contribution in [2.75, 3.05) is 32.1 Å². The van der Waals surface area contributed by atoms with Crippen LogP contribution in [-0.4, -0.2) is 37.0 Å². The first-order valence-electron chi connectivity index (χ1n) is 6.12. The second kappa shape index (κ2) is 5.97. The number of nitrogens with one attached hydrogen (secondary N) is 2. The van der Waals surface area contributed by atoms with Crippen molar-refractivity contribution in [1.82, 2.24) is 15.5 Å². The van der Waals surface area contributed by atoms with Crippen molar-refractivity contribution < 1.29 is 9.15 Å². The van der Waals surface area contributed by atoms with E-state index in [1.54, 1.807) is 0 Å². The summed E-state index contributed by atoms with van der Waals surface area (Å²) in [6, 6.07) is 0.573. The molecule has 1 aliphatic rings. The average molecular weight is 240 g/mol.